The van der Waals surface area contributed by atoms with E-state index in [9.17, 15) is 20.0 Å². The number of amides is 2. The Morgan fingerprint density at radius 3 is 1.48 bits per heavy atom. The van der Waals surface area contributed by atoms with Crippen LogP contribution in [0.2, 0.25) is 10.0 Å². The van der Waals surface area contributed by atoms with E-state index in [1.165, 1.54) is 9.80 Å². The monoisotopic (exact) mass is 579 g/mol. The molecule has 4 aliphatic heterocycles. The number of rotatable bonds is 4. The lowest BCUT2D eigenvalue weighted by atomic mass is 10.1. The zero-order valence-corrected chi connectivity index (χ0v) is 23.0. The first-order valence-corrected chi connectivity index (χ1v) is 14.3. The highest BCUT2D eigenvalue weighted by Crippen LogP contribution is 2.50. The fourth-order valence-corrected chi connectivity index (χ4v) is 7.43. The predicted molar refractivity (Wildman–Crippen MR) is 151 cm³/mol. The summed E-state index contributed by atoms with van der Waals surface area (Å²) in [6, 6.07) is 17.5. The molecule has 0 saturated carbocycles. The summed E-state index contributed by atoms with van der Waals surface area (Å²) in [5, 5.41) is 29.8. The van der Waals surface area contributed by atoms with E-state index in [0.29, 0.717) is 71.6 Å². The third-order valence-corrected chi connectivity index (χ3v) is 9.42. The summed E-state index contributed by atoms with van der Waals surface area (Å²) < 4.78 is -1.44. The summed E-state index contributed by atoms with van der Waals surface area (Å²) in [6.45, 7) is 0.582. The Kier molecular flexibility index (Phi) is 5.98. The number of hydroxylamine groups is 6. The second-order valence-corrected chi connectivity index (χ2v) is 11.9. The highest BCUT2D eigenvalue weighted by atomic mass is 35.5. The lowest BCUT2D eigenvalue weighted by Crippen LogP contribution is -2.47. The van der Waals surface area contributed by atoms with Crippen molar-refractivity contribution in [3.8, 4) is 0 Å². The van der Waals surface area contributed by atoms with Gasteiger partial charge in [0, 0.05) is 35.7 Å². The second-order valence-electron chi connectivity index (χ2n) is 11.1. The Bertz CT molecular complexity index is 1400. The van der Waals surface area contributed by atoms with Crippen LogP contribution in [0.1, 0.15) is 49.4 Å². The molecule has 0 spiro atoms. The van der Waals surface area contributed by atoms with E-state index in [-0.39, 0.29) is 11.8 Å². The first-order valence-electron chi connectivity index (χ1n) is 13.5. The first kappa shape index (κ1) is 25.9. The summed E-state index contributed by atoms with van der Waals surface area (Å²) in [6.07, 6.45) is 0.467. The minimum Gasteiger partial charge on any atom is -0.630 e. The molecule has 5 heterocycles. The average molecular weight is 580 g/mol. The number of carbonyl (C=O) groups excluding carboxylic acids is 2. The normalized spacial score (nSPS) is 33.1. The molecule has 4 aliphatic rings. The molecule has 4 fully saturated rings. The maximum absolute atomic E-state index is 14.4. The molecular formula is C29H27Cl2N5O4. The molecule has 40 heavy (non-hydrogen) atoms. The van der Waals surface area contributed by atoms with Crippen molar-refractivity contribution in [2.45, 2.75) is 50.1 Å². The zero-order chi connectivity index (χ0) is 27.8. The summed E-state index contributed by atoms with van der Waals surface area (Å²) in [4.78, 5) is 35.3. The maximum Gasteiger partial charge on any atom is 0.290 e. The summed E-state index contributed by atoms with van der Waals surface area (Å²) >= 11 is 12.2. The van der Waals surface area contributed by atoms with E-state index in [4.69, 9.17) is 28.2 Å². The van der Waals surface area contributed by atoms with E-state index in [0.717, 1.165) is 0 Å². The van der Waals surface area contributed by atoms with Crippen LogP contribution in [0.5, 0.6) is 0 Å². The highest BCUT2D eigenvalue weighted by molar-refractivity contribution is 6.31. The smallest absolute Gasteiger partial charge is 0.290 e. The Hall–Kier alpha value is -3.05. The number of aromatic nitrogens is 1. The van der Waals surface area contributed by atoms with Crippen molar-refractivity contribution in [3.05, 3.63) is 98.6 Å². The van der Waals surface area contributed by atoms with Gasteiger partial charge in [0.1, 0.15) is 11.4 Å². The first-order chi connectivity index (χ1) is 19.2. The number of pyridine rings is 1. The van der Waals surface area contributed by atoms with Crippen LogP contribution in [0.15, 0.2) is 66.7 Å². The molecule has 7 rings (SSSR count). The quantitative estimate of drug-likeness (QED) is 0.303. The van der Waals surface area contributed by atoms with Crippen LogP contribution in [0.4, 0.5) is 11.4 Å². The molecular weight excluding hydrogens is 553 g/mol. The van der Waals surface area contributed by atoms with Crippen molar-refractivity contribution in [2.75, 3.05) is 22.9 Å². The van der Waals surface area contributed by atoms with E-state index in [1.807, 2.05) is 0 Å². The van der Waals surface area contributed by atoms with Gasteiger partial charge in [0.2, 0.25) is 12.3 Å². The third kappa shape index (κ3) is 3.66. The van der Waals surface area contributed by atoms with Gasteiger partial charge in [-0.2, -0.15) is 0 Å². The van der Waals surface area contributed by atoms with Gasteiger partial charge in [-0.3, -0.25) is 19.4 Å². The average Bonchev–Trinajstić information content (AvgIpc) is 3.63. The van der Waals surface area contributed by atoms with Gasteiger partial charge in [-0.05, 0) is 60.7 Å². The van der Waals surface area contributed by atoms with Crippen LogP contribution in [0.3, 0.4) is 0 Å². The second kappa shape index (κ2) is 9.24. The summed E-state index contributed by atoms with van der Waals surface area (Å²) in [7, 11) is 0. The molecule has 0 radical (unpaired) electrons. The number of carbonyl (C=O) groups is 2. The number of quaternary nitrogens is 2. The van der Waals surface area contributed by atoms with Gasteiger partial charge in [0.15, 0.2) is 12.1 Å². The molecule has 11 heteroatoms. The molecule has 1 aromatic heterocycles. The lowest BCUT2D eigenvalue weighted by Gasteiger charge is -2.45. The predicted octanol–water partition coefficient (Wildman–Crippen LogP) is 5.43. The maximum atomic E-state index is 14.4. The SMILES string of the molecule is O=C1C2CCC[N@+]2([O-])C(c2cccc(C3N(c4ccc(Cl)cc4)C(=O)C4CCC[N@@+]43[O-])n2)N1c1ccc(Cl)cc1. The van der Waals surface area contributed by atoms with Crippen LogP contribution < -0.4 is 9.80 Å². The van der Waals surface area contributed by atoms with Gasteiger partial charge in [-0.1, -0.05) is 29.3 Å². The van der Waals surface area contributed by atoms with Gasteiger partial charge in [-0.25, -0.2) is 4.98 Å². The fraction of sp³-hybridized carbons (Fsp3) is 0.345. The zero-order valence-electron chi connectivity index (χ0n) is 21.5. The Balaban J connectivity index is 1.36. The van der Waals surface area contributed by atoms with Crippen LogP contribution >= 0.6 is 23.2 Å². The van der Waals surface area contributed by atoms with Crippen molar-refractivity contribution >= 4 is 46.4 Å². The molecule has 206 valence electrons. The van der Waals surface area contributed by atoms with Crippen LogP contribution in [0, 0.1) is 10.4 Å². The van der Waals surface area contributed by atoms with Gasteiger partial charge in [0.05, 0.1) is 24.5 Å². The number of anilines is 2. The minimum absolute atomic E-state index is 0.238. The number of benzene rings is 2. The van der Waals surface area contributed by atoms with E-state index >= 15 is 0 Å². The molecule has 9 nitrogen and oxygen atoms in total. The number of hydrogen-bond acceptors (Lipinski definition) is 5. The number of nitrogens with zero attached hydrogens (tertiary/aromatic N) is 5. The van der Waals surface area contributed by atoms with Crippen LogP contribution in [-0.2, 0) is 9.59 Å². The van der Waals surface area contributed by atoms with Crippen LogP contribution in [-0.4, -0.2) is 51.3 Å². The van der Waals surface area contributed by atoms with Crippen molar-refractivity contribution in [1.29, 1.82) is 0 Å². The van der Waals surface area contributed by atoms with Gasteiger partial charge < -0.3 is 19.7 Å². The van der Waals surface area contributed by atoms with Crippen molar-refractivity contribution in [1.82, 2.24) is 4.98 Å². The number of hydrogen-bond donors (Lipinski definition) is 0. The number of halogens is 2. The van der Waals surface area contributed by atoms with E-state index < -0.39 is 33.7 Å². The van der Waals surface area contributed by atoms with Crippen LogP contribution in [0.25, 0.3) is 0 Å². The van der Waals surface area contributed by atoms with E-state index in [1.54, 1.807) is 66.7 Å². The molecule has 0 bridgehead atoms. The lowest BCUT2D eigenvalue weighted by molar-refractivity contribution is -0.905. The molecule has 6 atom stereocenters. The Morgan fingerprint density at radius 1 is 0.675 bits per heavy atom. The van der Waals surface area contributed by atoms with Gasteiger partial charge in [-0.15, -0.1) is 0 Å². The van der Waals surface area contributed by atoms with E-state index in [2.05, 4.69) is 0 Å². The molecule has 4 unspecified atom stereocenters. The molecule has 3 aromatic rings. The standard InChI is InChI=1S/C29H27Cl2N5O4/c30-18-8-12-20(13-9-18)33-26(35(39)16-2-6-24(35)28(33)37)22-4-1-5-23(32-22)27-34(21-14-10-19(31)11-15-21)29(38)25-7-3-17-36(25,27)40/h1,4-5,8-15,24-27H,2-3,6-7,16-17H2/t24?,25?,26?,27?,35-,36-/m1/s1. The third-order valence-electron chi connectivity index (χ3n) is 8.92. The number of fused-ring (bicyclic) bond motifs is 2. The molecule has 4 saturated heterocycles. The Morgan fingerprint density at radius 2 is 1.07 bits per heavy atom. The van der Waals surface area contributed by atoms with Crippen molar-refractivity contribution in [2.24, 2.45) is 0 Å². The Labute approximate surface area is 241 Å². The molecule has 2 amide bonds. The molecule has 2 aromatic carbocycles. The highest BCUT2D eigenvalue weighted by Gasteiger charge is 2.61. The topological polar surface area (TPSA) is 99.6 Å². The van der Waals surface area contributed by atoms with Gasteiger partial charge >= 0.3 is 0 Å². The van der Waals surface area contributed by atoms with Crippen molar-refractivity contribution < 1.29 is 18.9 Å². The van der Waals surface area contributed by atoms with Crippen molar-refractivity contribution in [3.63, 3.8) is 0 Å². The largest absolute Gasteiger partial charge is 0.630 e. The molecule has 0 N–H and O–H groups in total. The fourth-order valence-electron chi connectivity index (χ4n) is 7.18. The summed E-state index contributed by atoms with van der Waals surface area (Å²) in [5.74, 6) is -0.476. The van der Waals surface area contributed by atoms with Gasteiger partial charge in [0.25, 0.3) is 11.8 Å². The molecule has 0 aliphatic carbocycles. The minimum atomic E-state index is -0.920. The summed E-state index contributed by atoms with van der Waals surface area (Å²) in [5.41, 5.74) is 1.94.